The Morgan fingerprint density at radius 1 is 1.13 bits per heavy atom. The highest BCUT2D eigenvalue weighted by molar-refractivity contribution is 7.42. The van der Waals surface area contributed by atoms with Crippen LogP contribution in [0.2, 0.25) is 0 Å². The van der Waals surface area contributed by atoms with E-state index in [9.17, 15) is 0 Å². The highest BCUT2D eigenvalue weighted by atomic mass is 31.2. The van der Waals surface area contributed by atoms with Crippen molar-refractivity contribution >= 4 is 8.60 Å². The van der Waals surface area contributed by atoms with Crippen molar-refractivity contribution in [3.05, 3.63) is 29.3 Å². The fourth-order valence-corrected chi connectivity index (χ4v) is 2.62. The van der Waals surface area contributed by atoms with E-state index in [1.807, 2.05) is 32.0 Å². The van der Waals surface area contributed by atoms with Crippen LogP contribution >= 0.6 is 8.60 Å². The summed E-state index contributed by atoms with van der Waals surface area (Å²) in [6.07, 6.45) is 0.953. The molecule has 0 saturated carbocycles. The Labute approximate surface area is 91.4 Å². The van der Waals surface area contributed by atoms with Gasteiger partial charge in [-0.15, -0.1) is 0 Å². The molecule has 0 aliphatic carbocycles. The Morgan fingerprint density at radius 3 is 2.33 bits per heavy atom. The van der Waals surface area contributed by atoms with E-state index in [0.29, 0.717) is 0 Å². The van der Waals surface area contributed by atoms with Gasteiger partial charge in [-0.05, 0) is 31.4 Å². The highest BCUT2D eigenvalue weighted by Crippen LogP contribution is 2.44. The van der Waals surface area contributed by atoms with Crippen molar-refractivity contribution in [1.29, 1.82) is 0 Å². The molecule has 0 spiro atoms. The molecule has 1 heterocycles. The summed E-state index contributed by atoms with van der Waals surface area (Å²) < 4.78 is 16.6. The average molecular weight is 226 g/mol. The van der Waals surface area contributed by atoms with Crippen LogP contribution in [0.3, 0.4) is 0 Å². The number of aryl methyl sites for hydroxylation is 2. The SMILES string of the molecule is Cc1cccc(C)c1OP1OCCCO1. The van der Waals surface area contributed by atoms with Gasteiger partial charge in [0.2, 0.25) is 0 Å². The lowest BCUT2D eigenvalue weighted by Crippen LogP contribution is -2.08. The van der Waals surface area contributed by atoms with Crippen molar-refractivity contribution in [1.82, 2.24) is 0 Å². The summed E-state index contributed by atoms with van der Waals surface area (Å²) >= 11 is 0. The second-order valence-corrected chi connectivity index (χ2v) is 4.70. The Bertz CT molecular complexity index is 314. The van der Waals surface area contributed by atoms with Gasteiger partial charge in [0.05, 0.1) is 13.2 Å². The van der Waals surface area contributed by atoms with E-state index < -0.39 is 8.60 Å². The fourth-order valence-electron chi connectivity index (χ4n) is 1.44. The van der Waals surface area contributed by atoms with E-state index in [-0.39, 0.29) is 0 Å². The maximum atomic E-state index is 5.74. The van der Waals surface area contributed by atoms with E-state index in [2.05, 4.69) is 0 Å². The molecular formula is C11H15O3P. The Morgan fingerprint density at radius 2 is 1.73 bits per heavy atom. The third kappa shape index (κ3) is 2.69. The predicted octanol–water partition coefficient (Wildman–Crippen LogP) is 3.35. The minimum Gasteiger partial charge on any atom is -0.426 e. The average Bonchev–Trinajstić information content (AvgIpc) is 2.25. The molecule has 0 amide bonds. The van der Waals surface area contributed by atoms with Crippen LogP contribution in [0.1, 0.15) is 17.5 Å². The molecule has 1 saturated heterocycles. The zero-order valence-electron chi connectivity index (χ0n) is 9.03. The summed E-state index contributed by atoms with van der Waals surface area (Å²) in [6.45, 7) is 5.52. The molecule has 3 nitrogen and oxygen atoms in total. The number of rotatable bonds is 2. The standard InChI is InChI=1S/C11H15O3P/c1-9-5-3-6-10(2)11(9)14-15-12-7-4-8-13-15/h3,5-6H,4,7-8H2,1-2H3. The van der Waals surface area contributed by atoms with E-state index in [0.717, 1.165) is 36.5 Å². The monoisotopic (exact) mass is 226 g/mol. The Kier molecular flexibility index (Phi) is 3.57. The summed E-state index contributed by atoms with van der Waals surface area (Å²) in [5.74, 6) is 0.894. The number of benzene rings is 1. The topological polar surface area (TPSA) is 27.7 Å². The highest BCUT2D eigenvalue weighted by Gasteiger charge is 2.20. The van der Waals surface area contributed by atoms with Crippen LogP contribution in [0.25, 0.3) is 0 Å². The van der Waals surface area contributed by atoms with Crippen molar-refractivity contribution in [3.8, 4) is 5.75 Å². The smallest absolute Gasteiger partial charge is 0.397 e. The summed E-state index contributed by atoms with van der Waals surface area (Å²) in [4.78, 5) is 0. The lowest BCUT2D eigenvalue weighted by Gasteiger charge is -2.22. The van der Waals surface area contributed by atoms with Crippen LogP contribution in [0, 0.1) is 13.8 Å². The lowest BCUT2D eigenvalue weighted by molar-refractivity contribution is 0.147. The van der Waals surface area contributed by atoms with Crippen molar-refractivity contribution in [2.24, 2.45) is 0 Å². The van der Waals surface area contributed by atoms with Gasteiger partial charge in [-0.25, -0.2) is 0 Å². The zero-order chi connectivity index (χ0) is 10.7. The largest absolute Gasteiger partial charge is 0.426 e. The summed E-state index contributed by atoms with van der Waals surface area (Å²) in [5, 5.41) is 0. The van der Waals surface area contributed by atoms with E-state index in [4.69, 9.17) is 13.6 Å². The maximum Gasteiger partial charge on any atom is 0.397 e. The first-order valence-electron chi connectivity index (χ1n) is 5.07. The molecule has 1 aliphatic rings. The quantitative estimate of drug-likeness (QED) is 0.724. The molecule has 82 valence electrons. The lowest BCUT2D eigenvalue weighted by atomic mass is 10.1. The van der Waals surface area contributed by atoms with Gasteiger partial charge in [0, 0.05) is 0 Å². The second kappa shape index (κ2) is 4.93. The predicted molar refractivity (Wildman–Crippen MR) is 60.0 cm³/mol. The van der Waals surface area contributed by atoms with Gasteiger partial charge in [0.25, 0.3) is 0 Å². The van der Waals surface area contributed by atoms with Gasteiger partial charge >= 0.3 is 8.60 Å². The first-order valence-corrected chi connectivity index (χ1v) is 6.17. The maximum absolute atomic E-state index is 5.74. The molecule has 1 fully saturated rings. The first-order chi connectivity index (χ1) is 7.27. The molecule has 0 bridgehead atoms. The van der Waals surface area contributed by atoms with Crippen LogP contribution in [0.15, 0.2) is 18.2 Å². The van der Waals surface area contributed by atoms with E-state index >= 15 is 0 Å². The number of hydrogen-bond acceptors (Lipinski definition) is 3. The van der Waals surface area contributed by atoms with Gasteiger partial charge in [-0.1, -0.05) is 18.2 Å². The van der Waals surface area contributed by atoms with Gasteiger partial charge in [0.15, 0.2) is 0 Å². The summed E-state index contributed by atoms with van der Waals surface area (Å²) in [7, 11) is -1.18. The van der Waals surface area contributed by atoms with Crippen LogP contribution in [-0.2, 0) is 9.05 Å². The van der Waals surface area contributed by atoms with Crippen LogP contribution < -0.4 is 4.52 Å². The fraction of sp³-hybridized carbons (Fsp3) is 0.455. The molecule has 1 aliphatic heterocycles. The number of para-hydroxylation sites is 1. The minimum absolute atomic E-state index is 0.733. The Balaban J connectivity index is 2.09. The first kappa shape index (κ1) is 10.9. The van der Waals surface area contributed by atoms with Crippen LogP contribution in [-0.4, -0.2) is 13.2 Å². The van der Waals surface area contributed by atoms with Gasteiger partial charge in [-0.3, -0.25) is 0 Å². The summed E-state index contributed by atoms with van der Waals surface area (Å²) in [6, 6.07) is 6.08. The van der Waals surface area contributed by atoms with Gasteiger partial charge in [0.1, 0.15) is 5.75 Å². The molecule has 0 atom stereocenters. The van der Waals surface area contributed by atoms with Crippen molar-refractivity contribution < 1.29 is 13.6 Å². The number of hydrogen-bond donors (Lipinski definition) is 0. The third-order valence-electron chi connectivity index (χ3n) is 2.26. The molecule has 4 heteroatoms. The summed E-state index contributed by atoms with van der Waals surface area (Å²) in [5.41, 5.74) is 2.24. The molecular weight excluding hydrogens is 211 g/mol. The van der Waals surface area contributed by atoms with Crippen LogP contribution in [0.5, 0.6) is 5.75 Å². The van der Waals surface area contributed by atoms with Gasteiger partial charge in [-0.2, -0.15) is 0 Å². The van der Waals surface area contributed by atoms with E-state index in [1.165, 1.54) is 0 Å². The minimum atomic E-state index is -1.18. The zero-order valence-corrected chi connectivity index (χ0v) is 9.92. The van der Waals surface area contributed by atoms with Crippen molar-refractivity contribution in [3.63, 3.8) is 0 Å². The Hall–Kier alpha value is -0.630. The van der Waals surface area contributed by atoms with Crippen LogP contribution in [0.4, 0.5) is 0 Å². The molecule has 1 aromatic carbocycles. The van der Waals surface area contributed by atoms with Crippen molar-refractivity contribution in [2.75, 3.05) is 13.2 Å². The molecule has 0 aromatic heterocycles. The molecule has 2 rings (SSSR count). The molecule has 0 radical (unpaired) electrons. The molecule has 0 unspecified atom stereocenters. The molecule has 0 N–H and O–H groups in total. The van der Waals surface area contributed by atoms with E-state index in [1.54, 1.807) is 0 Å². The molecule has 15 heavy (non-hydrogen) atoms. The van der Waals surface area contributed by atoms with Gasteiger partial charge < -0.3 is 13.6 Å². The normalized spacial score (nSPS) is 17.7. The third-order valence-corrected chi connectivity index (χ3v) is 3.38. The second-order valence-electron chi connectivity index (χ2n) is 3.56. The molecule has 1 aromatic rings. The van der Waals surface area contributed by atoms with Crippen molar-refractivity contribution in [2.45, 2.75) is 20.3 Å².